The molecule has 1 amide bonds. The van der Waals surface area contributed by atoms with E-state index in [0.717, 1.165) is 0 Å². The summed E-state index contributed by atoms with van der Waals surface area (Å²) in [6.45, 7) is 0. The second-order valence-electron chi connectivity index (χ2n) is 3.29. The highest BCUT2D eigenvalue weighted by Crippen LogP contribution is 2.40. The van der Waals surface area contributed by atoms with Crippen LogP contribution < -0.4 is 23.7 Å². The summed E-state index contributed by atoms with van der Waals surface area (Å²) >= 11 is 0. The van der Waals surface area contributed by atoms with Gasteiger partial charge in [-0.25, -0.2) is 9.52 Å². The molecular formula is C10H12ClNO7S. The van der Waals surface area contributed by atoms with Crippen LogP contribution in [0.1, 0.15) is 0 Å². The Morgan fingerprint density at radius 2 is 1.60 bits per heavy atom. The summed E-state index contributed by atoms with van der Waals surface area (Å²) in [5.41, 5.74) is 0. The number of ether oxygens (including phenoxy) is 4. The van der Waals surface area contributed by atoms with Gasteiger partial charge in [-0.05, 0) is 0 Å². The van der Waals surface area contributed by atoms with E-state index in [0.29, 0.717) is 5.75 Å². The molecule has 0 saturated heterocycles. The van der Waals surface area contributed by atoms with E-state index in [-0.39, 0.29) is 17.2 Å². The van der Waals surface area contributed by atoms with Crippen molar-refractivity contribution in [2.75, 3.05) is 21.3 Å². The molecule has 8 nitrogen and oxygen atoms in total. The molecule has 0 aromatic heterocycles. The van der Waals surface area contributed by atoms with Crippen LogP contribution in [-0.4, -0.2) is 35.8 Å². The van der Waals surface area contributed by atoms with Crippen molar-refractivity contribution in [3.63, 3.8) is 0 Å². The van der Waals surface area contributed by atoms with Gasteiger partial charge >= 0.3 is 15.3 Å². The van der Waals surface area contributed by atoms with Gasteiger partial charge in [-0.2, -0.15) is 8.42 Å². The SMILES string of the molecule is COc1cc(OC(=O)NS(=O)(=O)Cl)cc(OC)c1OC. The molecule has 0 atom stereocenters. The Morgan fingerprint density at radius 3 is 1.95 bits per heavy atom. The topological polar surface area (TPSA) is 100 Å². The summed E-state index contributed by atoms with van der Waals surface area (Å²) < 4.78 is 42.7. The van der Waals surface area contributed by atoms with Crippen molar-refractivity contribution < 1.29 is 32.2 Å². The smallest absolute Gasteiger partial charge is 0.427 e. The first-order valence-corrected chi connectivity index (χ1v) is 7.36. The van der Waals surface area contributed by atoms with Crippen molar-refractivity contribution in [3.05, 3.63) is 12.1 Å². The Balaban J connectivity index is 3.05. The molecule has 1 aromatic rings. The molecule has 1 rings (SSSR count). The van der Waals surface area contributed by atoms with Crippen molar-refractivity contribution in [1.82, 2.24) is 4.72 Å². The van der Waals surface area contributed by atoms with E-state index in [1.807, 2.05) is 0 Å². The minimum atomic E-state index is -4.23. The number of hydrogen-bond acceptors (Lipinski definition) is 7. The molecule has 112 valence electrons. The lowest BCUT2D eigenvalue weighted by molar-refractivity contribution is 0.206. The highest BCUT2D eigenvalue weighted by molar-refractivity contribution is 8.12. The number of halogens is 1. The van der Waals surface area contributed by atoms with Crippen LogP contribution in [0.5, 0.6) is 23.0 Å². The van der Waals surface area contributed by atoms with Crippen molar-refractivity contribution in [2.45, 2.75) is 0 Å². The molecule has 0 spiro atoms. The Morgan fingerprint density at radius 1 is 1.10 bits per heavy atom. The number of methoxy groups -OCH3 is 3. The second kappa shape index (κ2) is 6.53. The Labute approximate surface area is 120 Å². The molecule has 0 aliphatic heterocycles. The molecule has 0 aliphatic rings. The van der Waals surface area contributed by atoms with Crippen LogP contribution in [0.2, 0.25) is 0 Å². The molecule has 0 heterocycles. The third-order valence-corrected chi connectivity index (χ3v) is 2.70. The van der Waals surface area contributed by atoms with Gasteiger partial charge in [0.25, 0.3) is 0 Å². The minimum absolute atomic E-state index is 0.0164. The van der Waals surface area contributed by atoms with Gasteiger partial charge in [0, 0.05) is 22.8 Å². The van der Waals surface area contributed by atoms with Gasteiger partial charge < -0.3 is 18.9 Å². The number of benzene rings is 1. The fourth-order valence-electron chi connectivity index (χ4n) is 1.34. The zero-order valence-corrected chi connectivity index (χ0v) is 12.4. The van der Waals surface area contributed by atoms with Crippen LogP contribution in [0.4, 0.5) is 4.79 Å². The lowest BCUT2D eigenvalue weighted by Gasteiger charge is -2.13. The quantitative estimate of drug-likeness (QED) is 0.814. The highest BCUT2D eigenvalue weighted by Gasteiger charge is 2.17. The lowest BCUT2D eigenvalue weighted by Crippen LogP contribution is -2.29. The Hall–Kier alpha value is -1.87. The summed E-state index contributed by atoms with van der Waals surface area (Å²) in [4.78, 5) is 11.3. The molecule has 0 saturated carbocycles. The summed E-state index contributed by atoms with van der Waals surface area (Å²) in [5, 5.41) is 0. The molecule has 0 radical (unpaired) electrons. The fraction of sp³-hybridized carbons (Fsp3) is 0.300. The zero-order valence-electron chi connectivity index (χ0n) is 10.8. The number of amides is 1. The Kier molecular flexibility index (Phi) is 5.28. The van der Waals surface area contributed by atoms with E-state index in [9.17, 15) is 13.2 Å². The highest BCUT2D eigenvalue weighted by atomic mass is 35.7. The number of hydrogen-bond donors (Lipinski definition) is 1. The molecule has 1 aromatic carbocycles. The molecule has 0 unspecified atom stereocenters. The largest absolute Gasteiger partial charge is 0.493 e. The normalized spacial score (nSPS) is 10.6. The van der Waals surface area contributed by atoms with E-state index in [4.69, 9.17) is 29.6 Å². The van der Waals surface area contributed by atoms with E-state index in [1.165, 1.54) is 38.2 Å². The molecule has 0 bridgehead atoms. The first-order chi connectivity index (χ1) is 9.30. The molecule has 0 aliphatic carbocycles. The fourth-order valence-corrected chi connectivity index (χ4v) is 1.77. The number of nitrogens with one attached hydrogen (secondary N) is 1. The maximum absolute atomic E-state index is 11.3. The number of carbonyl (C=O) groups is 1. The van der Waals surface area contributed by atoms with E-state index >= 15 is 0 Å². The summed E-state index contributed by atoms with van der Waals surface area (Å²) in [7, 11) is 4.79. The van der Waals surface area contributed by atoms with Crippen molar-refractivity contribution in [3.8, 4) is 23.0 Å². The third kappa shape index (κ3) is 4.35. The van der Waals surface area contributed by atoms with Crippen LogP contribution in [0.15, 0.2) is 12.1 Å². The van der Waals surface area contributed by atoms with Crippen molar-refractivity contribution >= 4 is 26.0 Å². The lowest BCUT2D eigenvalue weighted by atomic mass is 10.2. The molecule has 1 N–H and O–H groups in total. The number of rotatable bonds is 5. The number of carbonyl (C=O) groups excluding carboxylic acids is 1. The van der Waals surface area contributed by atoms with Crippen LogP contribution in [0.3, 0.4) is 0 Å². The first kappa shape index (κ1) is 16.2. The molecule has 0 fully saturated rings. The monoisotopic (exact) mass is 325 g/mol. The predicted octanol–water partition coefficient (Wildman–Crippen LogP) is 1.28. The van der Waals surface area contributed by atoms with Crippen LogP contribution in [0, 0.1) is 0 Å². The van der Waals surface area contributed by atoms with Crippen molar-refractivity contribution in [2.24, 2.45) is 0 Å². The van der Waals surface area contributed by atoms with Gasteiger partial charge in [0.05, 0.1) is 21.3 Å². The summed E-state index contributed by atoms with van der Waals surface area (Å²) in [5.74, 6) is 0.761. The van der Waals surface area contributed by atoms with E-state index < -0.39 is 15.3 Å². The standard InChI is InChI=1S/C10H12ClNO7S/c1-16-7-4-6(5-8(17-2)9(7)18-3)19-10(13)12-20(11,14)15/h4-5H,1-3H3,(H,12,13). The van der Waals surface area contributed by atoms with Crippen LogP contribution >= 0.6 is 10.7 Å². The maximum atomic E-state index is 11.3. The zero-order chi connectivity index (χ0) is 15.3. The summed E-state index contributed by atoms with van der Waals surface area (Å²) in [6.07, 6.45) is -1.27. The second-order valence-corrected chi connectivity index (χ2v) is 5.59. The average molecular weight is 326 g/mol. The van der Waals surface area contributed by atoms with Gasteiger partial charge in [-0.1, -0.05) is 0 Å². The Bertz CT molecular complexity index is 577. The first-order valence-electron chi connectivity index (χ1n) is 5.05. The van der Waals surface area contributed by atoms with Gasteiger partial charge in [0.15, 0.2) is 11.5 Å². The van der Waals surface area contributed by atoms with Crippen molar-refractivity contribution in [1.29, 1.82) is 0 Å². The third-order valence-electron chi connectivity index (χ3n) is 2.05. The van der Waals surface area contributed by atoms with E-state index in [2.05, 4.69) is 0 Å². The van der Waals surface area contributed by atoms with E-state index in [1.54, 1.807) is 0 Å². The van der Waals surface area contributed by atoms with Gasteiger partial charge in [0.1, 0.15) is 5.75 Å². The van der Waals surface area contributed by atoms with Crippen LogP contribution in [-0.2, 0) is 9.24 Å². The average Bonchev–Trinajstić information content (AvgIpc) is 2.35. The predicted molar refractivity (Wildman–Crippen MR) is 70.0 cm³/mol. The minimum Gasteiger partial charge on any atom is -0.493 e. The maximum Gasteiger partial charge on any atom is 0.427 e. The van der Waals surface area contributed by atoms with Gasteiger partial charge in [0.2, 0.25) is 5.75 Å². The molecular weight excluding hydrogens is 314 g/mol. The van der Waals surface area contributed by atoms with Crippen LogP contribution in [0.25, 0.3) is 0 Å². The van der Waals surface area contributed by atoms with Gasteiger partial charge in [-0.3, -0.25) is 0 Å². The molecule has 10 heteroatoms. The molecule has 20 heavy (non-hydrogen) atoms. The van der Waals surface area contributed by atoms with Gasteiger partial charge in [-0.15, -0.1) is 0 Å². The summed E-state index contributed by atoms with van der Waals surface area (Å²) in [6, 6.07) is 2.64.